The van der Waals surface area contributed by atoms with E-state index in [0.29, 0.717) is 18.7 Å². The Labute approximate surface area is 126 Å². The van der Waals surface area contributed by atoms with Crippen LogP contribution in [0.5, 0.6) is 0 Å². The third kappa shape index (κ3) is 4.50. The number of carbonyl (C=O) groups excluding carboxylic acids is 1. The van der Waals surface area contributed by atoms with E-state index in [1.165, 1.54) is 6.33 Å². The number of hydrogen-bond acceptors (Lipinski definition) is 2. The van der Waals surface area contributed by atoms with Crippen LogP contribution in [0.3, 0.4) is 0 Å². The lowest BCUT2D eigenvalue weighted by Crippen LogP contribution is -2.43. The highest BCUT2D eigenvalue weighted by molar-refractivity contribution is 6.51. The zero-order valence-electron chi connectivity index (χ0n) is 9.45. The maximum Gasteiger partial charge on any atom is 0.221 e. The Morgan fingerprint density at radius 1 is 1.44 bits per heavy atom. The summed E-state index contributed by atoms with van der Waals surface area (Å²) in [6, 6.07) is 0. The van der Waals surface area contributed by atoms with Crippen LogP contribution < -0.4 is 5.32 Å². The van der Waals surface area contributed by atoms with Gasteiger partial charge in [-0.25, -0.2) is 4.98 Å². The van der Waals surface area contributed by atoms with E-state index in [2.05, 4.69) is 10.3 Å². The van der Waals surface area contributed by atoms with Gasteiger partial charge in [0.15, 0.2) is 4.33 Å². The second-order valence-electron chi connectivity index (χ2n) is 3.67. The number of amides is 1. The van der Waals surface area contributed by atoms with Gasteiger partial charge in [-0.1, -0.05) is 23.2 Å². The van der Waals surface area contributed by atoms with E-state index in [4.69, 9.17) is 46.4 Å². The van der Waals surface area contributed by atoms with Gasteiger partial charge in [0.05, 0.1) is 12.2 Å². The molecule has 8 heteroatoms. The van der Waals surface area contributed by atoms with Crippen molar-refractivity contribution in [3.05, 3.63) is 18.7 Å². The van der Waals surface area contributed by atoms with Gasteiger partial charge in [-0.2, -0.15) is 0 Å². The van der Waals surface area contributed by atoms with Crippen LogP contribution >= 0.6 is 46.4 Å². The van der Waals surface area contributed by atoms with Crippen LogP contribution in [0.1, 0.15) is 19.0 Å². The molecule has 0 saturated carbocycles. The van der Waals surface area contributed by atoms with Gasteiger partial charge in [0.25, 0.3) is 0 Å². The fourth-order valence-corrected chi connectivity index (χ4v) is 1.96. The molecule has 0 radical (unpaired) electrons. The topological polar surface area (TPSA) is 46.9 Å². The molecule has 0 spiro atoms. The Hall–Kier alpha value is -0.160. The van der Waals surface area contributed by atoms with E-state index in [0.717, 1.165) is 0 Å². The largest absolute Gasteiger partial charge is 0.333 e. The molecule has 0 aliphatic rings. The van der Waals surface area contributed by atoms with Gasteiger partial charge in [0.1, 0.15) is 6.17 Å². The number of carbonyl (C=O) groups is 1. The Kier molecular flexibility index (Phi) is 6.57. The van der Waals surface area contributed by atoms with Gasteiger partial charge >= 0.3 is 0 Å². The number of alkyl halides is 4. The monoisotopic (exact) mass is 331 g/mol. The normalized spacial score (nSPS) is 13.3. The molecule has 0 saturated heterocycles. The van der Waals surface area contributed by atoms with E-state index >= 15 is 0 Å². The molecule has 0 aliphatic carbocycles. The van der Waals surface area contributed by atoms with Crippen LogP contribution in [-0.4, -0.2) is 31.6 Å². The molecule has 1 atom stereocenters. The average Bonchev–Trinajstić information content (AvgIpc) is 2.86. The molecule has 0 aliphatic heterocycles. The molecule has 4 nitrogen and oxygen atoms in total. The van der Waals surface area contributed by atoms with Crippen molar-refractivity contribution in [2.24, 2.45) is 0 Å². The lowest BCUT2D eigenvalue weighted by molar-refractivity contribution is -0.122. The Morgan fingerprint density at radius 3 is 2.67 bits per heavy atom. The number of imidazole rings is 1. The lowest BCUT2D eigenvalue weighted by Gasteiger charge is -2.29. The molecular weight excluding hydrogens is 320 g/mol. The number of aromatic nitrogens is 2. The van der Waals surface area contributed by atoms with Crippen molar-refractivity contribution in [2.75, 3.05) is 11.8 Å². The summed E-state index contributed by atoms with van der Waals surface area (Å²) >= 11 is 23.5. The fraction of sp³-hybridized carbons (Fsp3) is 0.600. The van der Waals surface area contributed by atoms with Gasteiger partial charge < -0.3 is 9.88 Å². The van der Waals surface area contributed by atoms with Gasteiger partial charge in [-0.15, -0.1) is 23.2 Å². The second kappa shape index (κ2) is 7.43. The first-order chi connectivity index (χ1) is 8.51. The van der Waals surface area contributed by atoms with E-state index in [9.17, 15) is 4.79 Å². The van der Waals surface area contributed by atoms with Crippen molar-refractivity contribution < 1.29 is 4.79 Å². The molecule has 1 N–H and O–H groups in total. The summed E-state index contributed by atoms with van der Waals surface area (Å²) in [6.07, 6.45) is 4.94. The van der Waals surface area contributed by atoms with Crippen LogP contribution in [0.15, 0.2) is 18.7 Å². The smallest absolute Gasteiger partial charge is 0.221 e. The highest BCUT2D eigenvalue weighted by Crippen LogP contribution is 2.33. The van der Waals surface area contributed by atoms with Crippen molar-refractivity contribution in [1.29, 1.82) is 0 Å². The molecule has 102 valence electrons. The summed E-state index contributed by atoms with van der Waals surface area (Å²) in [4.78, 5) is 15.6. The minimum absolute atomic E-state index is 0.0330. The van der Waals surface area contributed by atoms with E-state index in [1.54, 1.807) is 17.0 Å². The molecule has 0 fully saturated rings. The average molecular weight is 333 g/mol. The maximum absolute atomic E-state index is 11.7. The highest BCUT2D eigenvalue weighted by atomic mass is 35.5. The summed E-state index contributed by atoms with van der Waals surface area (Å²) in [6.45, 7) is 0. The first-order valence-corrected chi connectivity index (χ1v) is 7.10. The Bertz CT molecular complexity index is 369. The van der Waals surface area contributed by atoms with Crippen molar-refractivity contribution in [3.8, 4) is 0 Å². The first kappa shape index (κ1) is 15.9. The Morgan fingerprint density at radius 2 is 2.17 bits per heavy atom. The number of halogens is 4. The van der Waals surface area contributed by atoms with Crippen LogP contribution in [0, 0.1) is 0 Å². The summed E-state index contributed by atoms with van der Waals surface area (Å²) < 4.78 is 0.278. The zero-order chi connectivity index (χ0) is 13.6. The predicted molar refractivity (Wildman–Crippen MR) is 74.5 cm³/mol. The lowest BCUT2D eigenvalue weighted by atomic mass is 10.3. The number of rotatable bonds is 7. The maximum atomic E-state index is 11.7. The summed E-state index contributed by atoms with van der Waals surface area (Å²) in [7, 11) is 0. The van der Waals surface area contributed by atoms with Crippen LogP contribution in [0.4, 0.5) is 0 Å². The molecule has 1 aromatic rings. The molecule has 1 aromatic heterocycles. The van der Waals surface area contributed by atoms with Crippen molar-refractivity contribution in [2.45, 2.75) is 23.3 Å². The molecule has 0 aromatic carbocycles. The SMILES string of the molecule is O=C(CCCCl)NC(n1ccnc1)C(Cl)(Cl)CCl. The van der Waals surface area contributed by atoms with Crippen molar-refractivity contribution in [3.63, 3.8) is 0 Å². The molecule has 1 amide bonds. The molecule has 18 heavy (non-hydrogen) atoms. The molecule has 1 rings (SSSR count). The number of nitrogens with one attached hydrogen (secondary N) is 1. The number of nitrogens with zero attached hydrogens (tertiary/aromatic N) is 2. The fourth-order valence-electron chi connectivity index (χ4n) is 1.35. The minimum Gasteiger partial charge on any atom is -0.333 e. The predicted octanol–water partition coefficient (Wildman–Crippen LogP) is 2.93. The van der Waals surface area contributed by atoms with Crippen molar-refractivity contribution in [1.82, 2.24) is 14.9 Å². The van der Waals surface area contributed by atoms with E-state index in [-0.39, 0.29) is 11.8 Å². The summed E-state index contributed by atoms with van der Waals surface area (Å²) in [5.41, 5.74) is 0. The third-order valence-corrected chi connectivity index (χ3v) is 3.88. The van der Waals surface area contributed by atoms with Crippen LogP contribution in [0.2, 0.25) is 0 Å². The van der Waals surface area contributed by atoms with Gasteiger partial charge in [0.2, 0.25) is 5.91 Å². The quantitative estimate of drug-likeness (QED) is 0.780. The summed E-state index contributed by atoms with van der Waals surface area (Å²) in [5, 5.41) is 2.72. The van der Waals surface area contributed by atoms with E-state index in [1.807, 2.05) is 0 Å². The van der Waals surface area contributed by atoms with Crippen LogP contribution in [-0.2, 0) is 4.79 Å². The molecular formula is C10H13Cl4N3O. The van der Waals surface area contributed by atoms with Crippen molar-refractivity contribution >= 4 is 52.3 Å². The second-order valence-corrected chi connectivity index (χ2v) is 5.85. The molecule has 0 bridgehead atoms. The standard InChI is InChI=1S/C10H13Cl4N3O/c11-3-1-2-8(18)16-9(10(13,14)6-12)17-5-4-15-7-17/h4-5,7,9H,1-3,6H2,(H,16,18). The zero-order valence-corrected chi connectivity index (χ0v) is 12.5. The third-order valence-electron chi connectivity index (χ3n) is 2.24. The van der Waals surface area contributed by atoms with Crippen LogP contribution in [0.25, 0.3) is 0 Å². The summed E-state index contributed by atoms with van der Waals surface area (Å²) in [5.74, 6) is 0.200. The first-order valence-electron chi connectivity index (χ1n) is 5.28. The molecule has 1 unspecified atom stereocenters. The Balaban J connectivity index is 2.77. The molecule has 1 heterocycles. The number of hydrogen-bond donors (Lipinski definition) is 1. The highest BCUT2D eigenvalue weighted by Gasteiger charge is 2.36. The van der Waals surface area contributed by atoms with E-state index < -0.39 is 10.5 Å². The van der Waals surface area contributed by atoms with Gasteiger partial charge in [0, 0.05) is 24.7 Å². The van der Waals surface area contributed by atoms with Gasteiger partial charge in [-0.3, -0.25) is 4.79 Å². The minimum atomic E-state index is -1.32. The van der Waals surface area contributed by atoms with Gasteiger partial charge in [-0.05, 0) is 6.42 Å².